The van der Waals surface area contributed by atoms with Crippen molar-refractivity contribution in [2.24, 2.45) is 0 Å². The number of aldehydes is 1. The molecule has 1 heterocycles. The summed E-state index contributed by atoms with van der Waals surface area (Å²) >= 11 is 0. The average molecular weight is 356 g/mol. The number of benzene rings is 2. The van der Waals surface area contributed by atoms with Crippen molar-refractivity contribution in [3.05, 3.63) is 35.4 Å². The number of hydrogen-bond donors (Lipinski definition) is 0. The van der Waals surface area contributed by atoms with Crippen LogP contribution >= 0.6 is 0 Å². The molecule has 3 rings (SSSR count). The van der Waals surface area contributed by atoms with Gasteiger partial charge in [-0.1, -0.05) is 0 Å². The first-order chi connectivity index (χ1) is 12.6. The fourth-order valence-electron chi connectivity index (χ4n) is 3.02. The van der Waals surface area contributed by atoms with E-state index in [4.69, 9.17) is 23.4 Å². The van der Waals surface area contributed by atoms with E-state index in [1.807, 2.05) is 19.1 Å². The summed E-state index contributed by atoms with van der Waals surface area (Å²) in [4.78, 5) is 11.2. The van der Waals surface area contributed by atoms with Crippen molar-refractivity contribution in [3.63, 3.8) is 0 Å². The van der Waals surface area contributed by atoms with Crippen molar-refractivity contribution in [2.75, 3.05) is 28.4 Å². The number of methoxy groups -OCH3 is 4. The van der Waals surface area contributed by atoms with Crippen LogP contribution < -0.4 is 18.9 Å². The maximum absolute atomic E-state index is 11.2. The highest BCUT2D eigenvalue weighted by Gasteiger charge is 2.20. The minimum Gasteiger partial charge on any atom is -0.493 e. The number of aryl methyl sites for hydroxylation is 1. The van der Waals surface area contributed by atoms with E-state index in [-0.39, 0.29) is 0 Å². The van der Waals surface area contributed by atoms with Crippen LogP contribution in [0.4, 0.5) is 0 Å². The quantitative estimate of drug-likeness (QED) is 0.615. The lowest BCUT2D eigenvalue weighted by molar-refractivity contribution is 0.112. The average Bonchev–Trinajstić information content (AvgIpc) is 3.02. The Bertz CT molecular complexity index is 945. The minimum absolute atomic E-state index is 0.506. The molecular formula is C20H20O6. The van der Waals surface area contributed by atoms with E-state index in [0.717, 1.165) is 22.8 Å². The van der Waals surface area contributed by atoms with Gasteiger partial charge in [0.05, 0.1) is 28.4 Å². The van der Waals surface area contributed by atoms with Gasteiger partial charge in [-0.2, -0.15) is 0 Å². The molecule has 0 radical (unpaired) electrons. The molecule has 6 heteroatoms. The largest absolute Gasteiger partial charge is 0.493 e. The summed E-state index contributed by atoms with van der Waals surface area (Å²) in [6, 6.07) is 7.07. The molecule has 0 atom stereocenters. The van der Waals surface area contributed by atoms with E-state index in [1.165, 1.54) is 0 Å². The second-order valence-electron chi connectivity index (χ2n) is 5.69. The van der Waals surface area contributed by atoms with Crippen molar-refractivity contribution in [2.45, 2.75) is 6.92 Å². The first-order valence-corrected chi connectivity index (χ1v) is 7.94. The van der Waals surface area contributed by atoms with Crippen molar-refractivity contribution < 1.29 is 28.2 Å². The summed E-state index contributed by atoms with van der Waals surface area (Å²) in [7, 11) is 6.22. The van der Waals surface area contributed by atoms with Gasteiger partial charge in [-0.05, 0) is 31.2 Å². The molecule has 0 N–H and O–H groups in total. The summed E-state index contributed by atoms with van der Waals surface area (Å²) in [6.45, 7) is 1.93. The smallest absolute Gasteiger partial charge is 0.203 e. The normalized spacial score (nSPS) is 10.7. The number of fused-ring (bicyclic) bond motifs is 1. The molecule has 136 valence electrons. The van der Waals surface area contributed by atoms with E-state index in [1.54, 1.807) is 40.6 Å². The summed E-state index contributed by atoms with van der Waals surface area (Å²) in [5, 5.41) is 0.815. The van der Waals surface area contributed by atoms with Gasteiger partial charge in [-0.25, -0.2) is 0 Å². The van der Waals surface area contributed by atoms with Crippen LogP contribution in [0, 0.1) is 6.92 Å². The molecule has 0 fully saturated rings. The van der Waals surface area contributed by atoms with E-state index in [2.05, 4.69) is 0 Å². The fraction of sp³-hybridized carbons (Fsp3) is 0.250. The maximum atomic E-state index is 11.2. The van der Waals surface area contributed by atoms with Gasteiger partial charge >= 0.3 is 0 Å². The molecule has 2 aromatic carbocycles. The molecule has 6 nitrogen and oxygen atoms in total. The number of carbonyl (C=O) groups is 1. The molecule has 0 aliphatic carbocycles. The van der Waals surface area contributed by atoms with E-state index in [9.17, 15) is 4.79 Å². The molecule has 0 saturated carbocycles. The van der Waals surface area contributed by atoms with Gasteiger partial charge in [-0.15, -0.1) is 0 Å². The van der Waals surface area contributed by atoms with Gasteiger partial charge in [0.25, 0.3) is 0 Å². The highest BCUT2D eigenvalue weighted by molar-refractivity contribution is 5.96. The molecule has 0 unspecified atom stereocenters. The second kappa shape index (κ2) is 7.00. The van der Waals surface area contributed by atoms with Gasteiger partial charge < -0.3 is 23.4 Å². The number of furan rings is 1. The molecule has 1 aromatic heterocycles. The lowest BCUT2D eigenvalue weighted by atomic mass is 10.0. The Hall–Kier alpha value is -3.15. The molecule has 0 bridgehead atoms. The molecule has 0 aliphatic rings. The van der Waals surface area contributed by atoms with E-state index >= 15 is 0 Å². The Morgan fingerprint density at radius 1 is 0.846 bits per heavy atom. The standard InChI is InChI=1S/C20H20O6/c1-11-14-6-12(10-21)7-15(22-2)19(14)26-18(11)13-8-16(23-3)20(25-5)17(9-13)24-4/h6-10H,1-5H3. The predicted octanol–water partition coefficient (Wildman–Crippen LogP) is 4.26. The van der Waals surface area contributed by atoms with Crippen LogP contribution in [-0.2, 0) is 0 Å². The SMILES string of the molecule is COc1cc(-c2oc3c(OC)cc(C=O)cc3c2C)cc(OC)c1OC. The Kier molecular flexibility index (Phi) is 4.75. The number of ether oxygens (including phenoxy) is 4. The predicted molar refractivity (Wildman–Crippen MR) is 98.0 cm³/mol. The summed E-state index contributed by atoms with van der Waals surface area (Å²) in [5.74, 6) is 2.71. The fourth-order valence-corrected chi connectivity index (χ4v) is 3.02. The third kappa shape index (κ3) is 2.73. The Labute approximate surface area is 151 Å². The second-order valence-corrected chi connectivity index (χ2v) is 5.69. The number of rotatable bonds is 6. The summed E-state index contributed by atoms with van der Waals surface area (Å²) in [5.41, 5.74) is 2.76. The van der Waals surface area contributed by atoms with Gasteiger partial charge in [0.1, 0.15) is 12.0 Å². The van der Waals surface area contributed by atoms with Crippen molar-refractivity contribution in [1.82, 2.24) is 0 Å². The van der Waals surface area contributed by atoms with Crippen LogP contribution in [0.15, 0.2) is 28.7 Å². The molecule has 26 heavy (non-hydrogen) atoms. The Morgan fingerprint density at radius 2 is 1.46 bits per heavy atom. The van der Waals surface area contributed by atoms with Crippen LogP contribution in [0.1, 0.15) is 15.9 Å². The zero-order chi connectivity index (χ0) is 18.8. The van der Waals surface area contributed by atoms with Crippen molar-refractivity contribution >= 4 is 17.3 Å². The molecule has 0 spiro atoms. The van der Waals surface area contributed by atoms with Crippen LogP contribution in [0.2, 0.25) is 0 Å². The number of carbonyl (C=O) groups excluding carboxylic acids is 1. The van der Waals surface area contributed by atoms with Gasteiger partial charge in [-0.3, -0.25) is 4.79 Å². The minimum atomic E-state index is 0.506. The van der Waals surface area contributed by atoms with Crippen LogP contribution in [-0.4, -0.2) is 34.7 Å². The monoisotopic (exact) mass is 356 g/mol. The molecule has 0 aliphatic heterocycles. The third-order valence-corrected chi connectivity index (χ3v) is 4.31. The molecule has 3 aromatic rings. The first-order valence-electron chi connectivity index (χ1n) is 7.94. The van der Waals surface area contributed by atoms with Crippen LogP contribution in [0.3, 0.4) is 0 Å². The third-order valence-electron chi connectivity index (χ3n) is 4.31. The lowest BCUT2D eigenvalue weighted by Gasteiger charge is -2.13. The first kappa shape index (κ1) is 17.7. The van der Waals surface area contributed by atoms with E-state index < -0.39 is 0 Å². The Morgan fingerprint density at radius 3 is 1.96 bits per heavy atom. The molecular weight excluding hydrogens is 336 g/mol. The van der Waals surface area contributed by atoms with Gasteiger partial charge in [0.2, 0.25) is 5.75 Å². The zero-order valence-electron chi connectivity index (χ0n) is 15.3. The highest BCUT2D eigenvalue weighted by Crippen LogP contribution is 2.44. The topological polar surface area (TPSA) is 67.1 Å². The lowest BCUT2D eigenvalue weighted by Crippen LogP contribution is -1.95. The maximum Gasteiger partial charge on any atom is 0.203 e. The van der Waals surface area contributed by atoms with E-state index in [0.29, 0.717) is 39.9 Å². The van der Waals surface area contributed by atoms with Crippen LogP contribution in [0.25, 0.3) is 22.3 Å². The number of hydrogen-bond acceptors (Lipinski definition) is 6. The van der Waals surface area contributed by atoms with Crippen LogP contribution in [0.5, 0.6) is 23.0 Å². The van der Waals surface area contributed by atoms with Gasteiger partial charge in [0, 0.05) is 22.1 Å². The highest BCUT2D eigenvalue weighted by atomic mass is 16.5. The molecule has 0 amide bonds. The summed E-state index contributed by atoms with van der Waals surface area (Å²) < 4.78 is 27.7. The zero-order valence-corrected chi connectivity index (χ0v) is 15.3. The van der Waals surface area contributed by atoms with Crippen molar-refractivity contribution in [1.29, 1.82) is 0 Å². The van der Waals surface area contributed by atoms with Crippen molar-refractivity contribution in [3.8, 4) is 34.3 Å². The molecule has 0 saturated heterocycles. The van der Waals surface area contributed by atoms with Gasteiger partial charge in [0.15, 0.2) is 22.8 Å². The summed E-state index contributed by atoms with van der Waals surface area (Å²) in [6.07, 6.45) is 0.785. The Balaban J connectivity index is 2.29.